The monoisotopic (exact) mass is 1220 g/mol. The van der Waals surface area contributed by atoms with Crippen LogP contribution in [0.2, 0.25) is 0 Å². The van der Waals surface area contributed by atoms with Crippen LogP contribution < -0.4 is 21.1 Å². The average molecular weight is 1230 g/mol. The van der Waals surface area contributed by atoms with E-state index in [1.165, 1.54) is 92.7 Å². The van der Waals surface area contributed by atoms with Gasteiger partial charge in [-0.1, -0.05) is 167 Å². The van der Waals surface area contributed by atoms with Crippen LogP contribution in [0.1, 0.15) is 197 Å². The lowest BCUT2D eigenvalue weighted by atomic mass is 9.27. The first-order chi connectivity index (χ1) is 44.0. The van der Waals surface area contributed by atoms with Crippen molar-refractivity contribution in [3.63, 3.8) is 0 Å². The van der Waals surface area contributed by atoms with Crippen LogP contribution in [0.3, 0.4) is 0 Å². The van der Waals surface area contributed by atoms with Gasteiger partial charge in [0.25, 0.3) is 0 Å². The number of carboxylic acid groups (broad SMARTS) is 1. The number of allylic oxidation sites excluding steroid dienone is 9. The van der Waals surface area contributed by atoms with E-state index >= 15 is 0 Å². The number of dihydropyridines is 1. The molecule has 5 N–H and O–H groups in total. The number of nitrogens with one attached hydrogen (secondary N) is 2. The molecule has 91 heavy (non-hydrogen) atoms. The molecule has 3 spiro atoms. The lowest BCUT2D eigenvalue weighted by Gasteiger charge is -2.76. The lowest BCUT2D eigenvalue weighted by molar-refractivity contribution is -0.198. The van der Waals surface area contributed by atoms with Crippen molar-refractivity contribution in [2.45, 2.75) is 207 Å². The van der Waals surface area contributed by atoms with Gasteiger partial charge in [-0.05, 0) is 255 Å². The molecule has 15 bridgehead atoms. The normalized spacial score (nSPS) is 38.4. The number of hydrogen-bond acceptors (Lipinski definition) is 6. The van der Waals surface area contributed by atoms with Crippen LogP contribution in [-0.2, 0) is 35.2 Å². The maximum Gasteiger partial charge on any atom is 0.306 e. The maximum atomic E-state index is 14.8. The smallest absolute Gasteiger partial charge is 0.306 e. The van der Waals surface area contributed by atoms with Crippen molar-refractivity contribution >= 4 is 23.2 Å². The average Bonchev–Trinajstić information content (AvgIpc) is 1.63. The lowest BCUT2D eigenvalue weighted by Crippen LogP contribution is -2.70. The Bertz CT molecular complexity index is 3620. The SMILES string of the molecule is C=C1CCC(C(=O)O)C2C(O)CC34C5=C(CC(CCC36CCC(Cc3ccc(CCOC)cc3)CC6)C24C)C23CCC(O)C4(C)CC=CC(C=C6C(=c7cccc(CCC(C)C)c7=CC62)Cc2cccc(c2)C2=CC=C(NCCCC1C1CCCCC1)NC2)(C5)C43. The number of methoxy groups -OCH3 is 1. The standard InChI is InChI=1S/C84H108N2O5/c1-53(2)21-27-60-17-11-19-65-67(60)48-70-69-49-81-37-13-36-79(4)74(88)34-41-83(70,78(79)81)71-47-63-33-40-82(38-31-57(32-39-82)44-56-25-23-55(24-26-56)35-43-91-6)84(72(71)50-81)51-73(87)76(80(63,84)5)66(77(89)90)29-22-54(3)64(59-15-8-7-9-16-59)20-12-42-85-75-30-28-62(52-86-75)61-18-10-14-58(45-61)46-68(65)69/h10-11,13-14,17-19,23-26,28,30,37,45,48-49,53,57,59,63-64,66,70,73-74,76,78,85-88H,3,7-9,12,15-16,20-22,27,29,31-36,38-44,46-47,50-52H2,1-2,4-6H3,(H,89,90). The van der Waals surface area contributed by atoms with Gasteiger partial charge in [-0.25, -0.2) is 0 Å². The number of benzene rings is 3. The van der Waals surface area contributed by atoms with E-state index in [4.69, 9.17) is 11.3 Å². The Labute approximate surface area is 545 Å². The van der Waals surface area contributed by atoms with Gasteiger partial charge in [0, 0.05) is 53.7 Å². The van der Waals surface area contributed by atoms with Crippen molar-refractivity contribution in [3.8, 4) is 0 Å². The molecule has 16 aliphatic rings. The van der Waals surface area contributed by atoms with Crippen LogP contribution in [0.25, 0.3) is 17.2 Å². The summed E-state index contributed by atoms with van der Waals surface area (Å²) in [5.74, 6) is 1.91. The maximum absolute atomic E-state index is 14.8. The molecule has 13 unspecified atom stereocenters. The fourth-order valence-corrected chi connectivity index (χ4v) is 24.6. The number of ether oxygens (including phenoxy) is 1. The second kappa shape index (κ2) is 23.9. The van der Waals surface area contributed by atoms with Gasteiger partial charge in [-0.2, -0.15) is 0 Å². The zero-order valence-corrected chi connectivity index (χ0v) is 56.0. The molecule has 0 aromatic heterocycles. The highest BCUT2D eigenvalue weighted by molar-refractivity contribution is 5.78. The number of carbonyl (C=O) groups is 1. The molecule has 10 aliphatic carbocycles. The number of carboxylic acids is 1. The van der Waals surface area contributed by atoms with E-state index in [-0.39, 0.29) is 45.3 Å². The van der Waals surface area contributed by atoms with Crippen LogP contribution in [0, 0.1) is 85.8 Å². The highest BCUT2D eigenvalue weighted by atomic mass is 16.5. The topological polar surface area (TPSA) is 111 Å². The van der Waals surface area contributed by atoms with E-state index < -0.39 is 34.9 Å². The summed E-state index contributed by atoms with van der Waals surface area (Å²) in [7, 11) is 1.79. The summed E-state index contributed by atoms with van der Waals surface area (Å²) in [5, 5.41) is 49.3. The van der Waals surface area contributed by atoms with Gasteiger partial charge in [-0.15, -0.1) is 0 Å². The van der Waals surface area contributed by atoms with Gasteiger partial charge < -0.3 is 30.7 Å². The summed E-state index contributed by atoms with van der Waals surface area (Å²) in [6.45, 7) is 17.2. The number of fused-ring (bicyclic) bond motifs is 1. The minimum absolute atomic E-state index is 0.0860. The van der Waals surface area contributed by atoms with Crippen LogP contribution in [-0.4, -0.2) is 60.3 Å². The first-order valence-corrected chi connectivity index (χ1v) is 36.8. The molecule has 0 saturated heterocycles. The van der Waals surface area contributed by atoms with E-state index in [1.54, 1.807) is 18.3 Å². The summed E-state index contributed by atoms with van der Waals surface area (Å²) >= 11 is 0. The predicted octanol–water partition coefficient (Wildman–Crippen LogP) is 15.7. The largest absolute Gasteiger partial charge is 0.481 e. The van der Waals surface area contributed by atoms with Crippen molar-refractivity contribution in [1.29, 1.82) is 0 Å². The molecule has 5 fully saturated rings. The van der Waals surface area contributed by atoms with Crippen molar-refractivity contribution < 1.29 is 24.9 Å². The minimum atomic E-state index is -0.735. The van der Waals surface area contributed by atoms with Gasteiger partial charge in [0.2, 0.25) is 0 Å². The molecular formula is C84H108N2O5. The summed E-state index contributed by atoms with van der Waals surface area (Å²) in [4.78, 5) is 14.8. The number of hydrogen-bond donors (Lipinski definition) is 5. The van der Waals surface area contributed by atoms with E-state index in [1.807, 2.05) is 0 Å². The molecule has 0 radical (unpaired) electrons. The van der Waals surface area contributed by atoms with Crippen LogP contribution >= 0.6 is 0 Å². The van der Waals surface area contributed by atoms with Gasteiger partial charge in [0.15, 0.2) is 0 Å². The Morgan fingerprint density at radius 3 is 2.40 bits per heavy atom. The van der Waals surface area contributed by atoms with E-state index in [9.17, 15) is 20.1 Å². The second-order valence-electron chi connectivity index (χ2n) is 33.1. The number of rotatable bonds is 10. The van der Waals surface area contributed by atoms with Crippen LogP contribution in [0.5, 0.6) is 0 Å². The third-order valence-electron chi connectivity index (χ3n) is 28.5. The molecule has 7 nitrogen and oxygen atoms in total. The quantitative estimate of drug-likeness (QED) is 0.129. The summed E-state index contributed by atoms with van der Waals surface area (Å²) < 4.78 is 5.45. The molecule has 484 valence electrons. The molecule has 7 heteroatoms. The van der Waals surface area contributed by atoms with Gasteiger partial charge in [-0.3, -0.25) is 4.79 Å². The third-order valence-corrected chi connectivity index (χ3v) is 28.5. The predicted molar refractivity (Wildman–Crippen MR) is 369 cm³/mol. The molecular weight excluding hydrogens is 1120 g/mol. The fourth-order valence-electron chi connectivity index (χ4n) is 24.6. The van der Waals surface area contributed by atoms with Gasteiger partial charge in [0.1, 0.15) is 0 Å². The first-order valence-electron chi connectivity index (χ1n) is 36.8. The summed E-state index contributed by atoms with van der Waals surface area (Å²) in [5.41, 5.74) is 13.8. The number of aliphatic carboxylic acids is 1. The Morgan fingerprint density at radius 2 is 1.63 bits per heavy atom. The second-order valence-corrected chi connectivity index (χ2v) is 33.1. The van der Waals surface area contributed by atoms with E-state index in [0.717, 1.165) is 141 Å². The molecule has 6 heterocycles. The molecule has 5 saturated carbocycles. The Balaban J connectivity index is 0.934. The molecule has 19 rings (SSSR count). The van der Waals surface area contributed by atoms with E-state index in [0.29, 0.717) is 42.9 Å². The minimum Gasteiger partial charge on any atom is -0.481 e. The molecule has 0 amide bonds. The highest BCUT2D eigenvalue weighted by Gasteiger charge is 2.80. The first kappa shape index (κ1) is 61.9. The molecule has 3 aromatic rings. The number of aryl methyl sites for hydroxylation is 1. The van der Waals surface area contributed by atoms with Crippen molar-refractivity contribution in [1.82, 2.24) is 10.6 Å². The van der Waals surface area contributed by atoms with Crippen molar-refractivity contribution in [2.75, 3.05) is 26.8 Å². The Morgan fingerprint density at radius 1 is 0.835 bits per heavy atom. The fraction of sp³-hybridized carbons (Fsp3) is 0.607. The Kier molecular flexibility index (Phi) is 16.3. The summed E-state index contributed by atoms with van der Waals surface area (Å²) in [6.07, 6.45) is 40.7. The zero-order chi connectivity index (χ0) is 62.7. The van der Waals surface area contributed by atoms with Gasteiger partial charge in [0.05, 0.1) is 30.6 Å². The van der Waals surface area contributed by atoms with Crippen LogP contribution in [0.15, 0.2) is 132 Å². The number of aliphatic hydroxyl groups is 2. The molecule has 6 aliphatic heterocycles. The zero-order valence-electron chi connectivity index (χ0n) is 56.0. The van der Waals surface area contributed by atoms with Crippen molar-refractivity contribution in [3.05, 3.63) is 170 Å². The molecule has 13 atom stereocenters. The summed E-state index contributed by atoms with van der Waals surface area (Å²) in [6, 6.07) is 26.1. The molecule has 3 aromatic carbocycles. The van der Waals surface area contributed by atoms with E-state index in [2.05, 4.69) is 142 Å². The number of aliphatic hydroxyl groups excluding tert-OH is 2. The highest BCUT2D eigenvalue weighted by Crippen LogP contribution is 2.86. The van der Waals surface area contributed by atoms with Crippen LogP contribution in [0.4, 0.5) is 0 Å². The van der Waals surface area contributed by atoms with Crippen molar-refractivity contribution in [2.24, 2.45) is 85.8 Å². The van der Waals surface area contributed by atoms with Gasteiger partial charge >= 0.3 is 5.97 Å². The Hall–Kier alpha value is -5.21. The third kappa shape index (κ3) is 9.86.